The molecule has 5 heteroatoms. The van der Waals surface area contributed by atoms with Crippen LogP contribution in [0.15, 0.2) is 24.3 Å². The van der Waals surface area contributed by atoms with Gasteiger partial charge in [0.1, 0.15) is 11.8 Å². The van der Waals surface area contributed by atoms with Crippen LogP contribution in [0.3, 0.4) is 0 Å². The zero-order chi connectivity index (χ0) is 14.4. The van der Waals surface area contributed by atoms with Gasteiger partial charge in [0.15, 0.2) is 0 Å². The van der Waals surface area contributed by atoms with Crippen molar-refractivity contribution in [3.05, 3.63) is 29.8 Å². The van der Waals surface area contributed by atoms with Gasteiger partial charge in [-0.2, -0.15) is 0 Å². The summed E-state index contributed by atoms with van der Waals surface area (Å²) in [6, 6.07) is 5.89. The molecule has 0 heterocycles. The predicted molar refractivity (Wildman–Crippen MR) is 71.4 cm³/mol. The van der Waals surface area contributed by atoms with E-state index in [9.17, 15) is 9.59 Å². The third kappa shape index (κ3) is 4.28. The van der Waals surface area contributed by atoms with Crippen molar-refractivity contribution < 1.29 is 19.4 Å². The van der Waals surface area contributed by atoms with E-state index in [2.05, 4.69) is 5.32 Å². The average molecular weight is 265 g/mol. The van der Waals surface area contributed by atoms with Crippen molar-refractivity contribution >= 4 is 11.9 Å². The molecule has 1 rings (SSSR count). The topological polar surface area (TPSA) is 75.6 Å². The highest BCUT2D eigenvalue weighted by Gasteiger charge is 2.20. The quantitative estimate of drug-likeness (QED) is 0.825. The maximum absolute atomic E-state index is 12.1. The van der Waals surface area contributed by atoms with Crippen molar-refractivity contribution in [3.63, 3.8) is 0 Å². The Morgan fingerprint density at radius 3 is 2.47 bits per heavy atom. The van der Waals surface area contributed by atoms with Crippen LogP contribution in [-0.4, -0.2) is 29.1 Å². The lowest BCUT2D eigenvalue weighted by atomic mass is 10.1. The molecule has 0 saturated carbocycles. The fourth-order valence-electron chi connectivity index (χ4n) is 1.59. The minimum atomic E-state index is -1.04. The van der Waals surface area contributed by atoms with Gasteiger partial charge in [-0.3, -0.25) is 4.79 Å². The van der Waals surface area contributed by atoms with Crippen molar-refractivity contribution in [1.29, 1.82) is 0 Å². The summed E-state index contributed by atoms with van der Waals surface area (Å²) in [6.07, 6.45) is 0.268. The smallest absolute Gasteiger partial charge is 0.326 e. The van der Waals surface area contributed by atoms with Gasteiger partial charge >= 0.3 is 5.97 Å². The first-order chi connectivity index (χ1) is 8.95. The Morgan fingerprint density at radius 1 is 1.32 bits per heavy atom. The van der Waals surface area contributed by atoms with Crippen LogP contribution in [0.5, 0.6) is 5.75 Å². The summed E-state index contributed by atoms with van der Waals surface area (Å²) < 4.78 is 5.53. The number of carboxylic acids is 1. The Morgan fingerprint density at radius 2 is 1.95 bits per heavy atom. The first-order valence-electron chi connectivity index (χ1n) is 6.25. The summed E-state index contributed by atoms with van der Waals surface area (Å²) >= 11 is 0. The molecule has 1 unspecified atom stereocenters. The first-order valence-corrected chi connectivity index (χ1v) is 6.25. The SMILES string of the molecule is CCC(NC(=O)c1ccccc1OC(C)C)C(=O)O. The van der Waals surface area contributed by atoms with E-state index in [1.165, 1.54) is 0 Å². The Hall–Kier alpha value is -2.04. The number of carboxylic acid groups (broad SMARTS) is 1. The lowest BCUT2D eigenvalue weighted by Crippen LogP contribution is -2.40. The molecule has 0 aliphatic rings. The van der Waals surface area contributed by atoms with Gasteiger partial charge in [0, 0.05) is 0 Å². The second kappa shape index (κ2) is 6.78. The normalized spacial score (nSPS) is 12.0. The maximum atomic E-state index is 12.1. The second-order valence-electron chi connectivity index (χ2n) is 4.44. The number of ether oxygens (including phenoxy) is 1. The van der Waals surface area contributed by atoms with E-state index < -0.39 is 17.9 Å². The van der Waals surface area contributed by atoms with Crippen molar-refractivity contribution in [2.45, 2.75) is 39.3 Å². The highest BCUT2D eigenvalue weighted by atomic mass is 16.5. The van der Waals surface area contributed by atoms with Crippen LogP contribution >= 0.6 is 0 Å². The summed E-state index contributed by atoms with van der Waals surface area (Å²) in [4.78, 5) is 23.0. The molecular weight excluding hydrogens is 246 g/mol. The minimum absolute atomic E-state index is 0.0598. The Kier molecular flexibility index (Phi) is 5.36. The molecule has 0 bridgehead atoms. The average Bonchev–Trinajstić information content (AvgIpc) is 2.35. The zero-order valence-corrected chi connectivity index (χ0v) is 11.3. The second-order valence-corrected chi connectivity index (χ2v) is 4.44. The molecule has 1 amide bonds. The van der Waals surface area contributed by atoms with Crippen LogP contribution in [0.1, 0.15) is 37.6 Å². The van der Waals surface area contributed by atoms with E-state index in [0.29, 0.717) is 17.7 Å². The van der Waals surface area contributed by atoms with Crippen LogP contribution in [0.25, 0.3) is 0 Å². The molecule has 0 spiro atoms. The number of rotatable bonds is 6. The standard InChI is InChI=1S/C14H19NO4/c1-4-11(14(17)18)15-13(16)10-7-5-6-8-12(10)19-9(2)3/h5-9,11H,4H2,1-3H3,(H,15,16)(H,17,18). The van der Waals surface area contributed by atoms with Crippen LogP contribution in [0.2, 0.25) is 0 Å². The number of carbonyl (C=O) groups excluding carboxylic acids is 1. The summed E-state index contributed by atoms with van der Waals surface area (Å²) in [7, 11) is 0. The van der Waals surface area contributed by atoms with Crippen LogP contribution in [-0.2, 0) is 4.79 Å². The van der Waals surface area contributed by atoms with E-state index in [0.717, 1.165) is 0 Å². The fraction of sp³-hybridized carbons (Fsp3) is 0.429. The maximum Gasteiger partial charge on any atom is 0.326 e. The van der Waals surface area contributed by atoms with Gasteiger partial charge in [0.25, 0.3) is 5.91 Å². The van der Waals surface area contributed by atoms with Gasteiger partial charge in [0.2, 0.25) is 0 Å². The highest BCUT2D eigenvalue weighted by molar-refractivity contribution is 5.98. The van der Waals surface area contributed by atoms with Crippen molar-refractivity contribution in [3.8, 4) is 5.75 Å². The highest BCUT2D eigenvalue weighted by Crippen LogP contribution is 2.19. The molecule has 0 aliphatic heterocycles. The molecule has 0 aromatic heterocycles. The van der Waals surface area contributed by atoms with Gasteiger partial charge in [0.05, 0.1) is 11.7 Å². The van der Waals surface area contributed by atoms with Gasteiger partial charge in [-0.1, -0.05) is 19.1 Å². The lowest BCUT2D eigenvalue weighted by molar-refractivity contribution is -0.139. The number of carbonyl (C=O) groups is 2. The van der Waals surface area contributed by atoms with Crippen molar-refractivity contribution in [2.75, 3.05) is 0 Å². The van der Waals surface area contributed by atoms with E-state index >= 15 is 0 Å². The molecule has 0 fully saturated rings. The Balaban J connectivity index is 2.90. The number of benzene rings is 1. The van der Waals surface area contributed by atoms with Crippen LogP contribution < -0.4 is 10.1 Å². The van der Waals surface area contributed by atoms with E-state index in [-0.39, 0.29) is 6.10 Å². The van der Waals surface area contributed by atoms with Gasteiger partial charge in [-0.15, -0.1) is 0 Å². The number of hydrogen-bond acceptors (Lipinski definition) is 3. The predicted octanol–water partition coefficient (Wildman–Crippen LogP) is 2.07. The molecule has 2 N–H and O–H groups in total. The van der Waals surface area contributed by atoms with Gasteiger partial charge in [-0.25, -0.2) is 4.79 Å². The van der Waals surface area contributed by atoms with Crippen molar-refractivity contribution in [2.24, 2.45) is 0 Å². The number of hydrogen-bond donors (Lipinski definition) is 2. The molecule has 104 valence electrons. The molecule has 0 radical (unpaired) electrons. The molecule has 0 aliphatic carbocycles. The molecule has 0 saturated heterocycles. The summed E-state index contributed by atoms with van der Waals surface area (Å²) in [5.41, 5.74) is 0.343. The summed E-state index contributed by atoms with van der Waals surface area (Å²) in [6.45, 7) is 5.43. The van der Waals surface area contributed by atoms with Crippen LogP contribution in [0, 0.1) is 0 Å². The first kappa shape index (κ1) is 15.0. The number of para-hydroxylation sites is 1. The Labute approximate surface area is 112 Å². The third-order valence-electron chi connectivity index (χ3n) is 2.51. The van der Waals surface area contributed by atoms with E-state index in [4.69, 9.17) is 9.84 Å². The third-order valence-corrected chi connectivity index (χ3v) is 2.51. The lowest BCUT2D eigenvalue weighted by Gasteiger charge is -2.16. The number of aliphatic carboxylic acids is 1. The van der Waals surface area contributed by atoms with E-state index in [1.807, 2.05) is 13.8 Å². The number of nitrogens with one attached hydrogen (secondary N) is 1. The molecule has 1 atom stereocenters. The van der Waals surface area contributed by atoms with Gasteiger partial charge in [-0.05, 0) is 32.4 Å². The molecule has 5 nitrogen and oxygen atoms in total. The summed E-state index contributed by atoms with van der Waals surface area (Å²) in [5.74, 6) is -1.03. The zero-order valence-electron chi connectivity index (χ0n) is 11.3. The van der Waals surface area contributed by atoms with Crippen molar-refractivity contribution in [1.82, 2.24) is 5.32 Å². The fourth-order valence-corrected chi connectivity index (χ4v) is 1.59. The van der Waals surface area contributed by atoms with E-state index in [1.54, 1.807) is 31.2 Å². The largest absolute Gasteiger partial charge is 0.490 e. The molecule has 19 heavy (non-hydrogen) atoms. The molecule has 1 aromatic rings. The Bertz CT molecular complexity index is 457. The number of amides is 1. The summed E-state index contributed by atoms with van der Waals surface area (Å²) in [5, 5.41) is 11.4. The molecule has 1 aromatic carbocycles. The monoisotopic (exact) mass is 265 g/mol. The molecular formula is C14H19NO4. The van der Waals surface area contributed by atoms with Crippen LogP contribution in [0.4, 0.5) is 0 Å². The minimum Gasteiger partial charge on any atom is -0.490 e. The van der Waals surface area contributed by atoms with Gasteiger partial charge < -0.3 is 15.2 Å².